The smallest absolute Gasteiger partial charge is 0.234 e. The number of aryl methyl sites for hydroxylation is 1. The molecule has 0 aromatic heterocycles. The van der Waals surface area contributed by atoms with Crippen LogP contribution >= 0.6 is 0 Å². The molecule has 1 atom stereocenters. The summed E-state index contributed by atoms with van der Waals surface area (Å²) in [5.74, 6) is -0.454. The lowest BCUT2D eigenvalue weighted by Crippen LogP contribution is -2.38. The second kappa shape index (κ2) is 4.88. The first kappa shape index (κ1) is 13.7. The SMILES string of the molecule is Cc1cc(C(C)(C)C)ccc1CC(N)C(N)=O. The average Bonchev–Trinajstić information content (AvgIpc) is 2.19. The van der Waals surface area contributed by atoms with Gasteiger partial charge in [0.2, 0.25) is 5.91 Å². The number of hydrogen-bond donors (Lipinski definition) is 2. The Hall–Kier alpha value is -1.35. The van der Waals surface area contributed by atoms with Crippen LogP contribution in [0, 0.1) is 6.92 Å². The van der Waals surface area contributed by atoms with E-state index in [9.17, 15) is 4.79 Å². The van der Waals surface area contributed by atoms with Gasteiger partial charge in [-0.3, -0.25) is 4.79 Å². The predicted molar refractivity (Wildman–Crippen MR) is 70.8 cm³/mol. The molecule has 0 heterocycles. The van der Waals surface area contributed by atoms with Crippen LogP contribution in [-0.4, -0.2) is 11.9 Å². The van der Waals surface area contributed by atoms with Crippen molar-refractivity contribution in [3.8, 4) is 0 Å². The van der Waals surface area contributed by atoms with Crippen molar-refractivity contribution in [3.05, 3.63) is 34.9 Å². The number of hydrogen-bond acceptors (Lipinski definition) is 2. The van der Waals surface area contributed by atoms with Crippen molar-refractivity contribution in [2.24, 2.45) is 11.5 Å². The first-order valence-corrected chi connectivity index (χ1v) is 5.86. The predicted octanol–water partition coefficient (Wildman–Crippen LogP) is 1.65. The van der Waals surface area contributed by atoms with Gasteiger partial charge < -0.3 is 11.5 Å². The molecule has 0 aliphatic carbocycles. The van der Waals surface area contributed by atoms with Gasteiger partial charge >= 0.3 is 0 Å². The molecule has 0 radical (unpaired) electrons. The Morgan fingerprint density at radius 1 is 1.35 bits per heavy atom. The number of carbonyl (C=O) groups excluding carboxylic acids is 1. The minimum Gasteiger partial charge on any atom is -0.368 e. The van der Waals surface area contributed by atoms with Crippen LogP contribution in [0.5, 0.6) is 0 Å². The summed E-state index contributed by atoms with van der Waals surface area (Å²) in [4.78, 5) is 10.9. The summed E-state index contributed by atoms with van der Waals surface area (Å²) in [5, 5.41) is 0. The third kappa shape index (κ3) is 3.56. The van der Waals surface area contributed by atoms with Crippen LogP contribution in [0.15, 0.2) is 18.2 Å². The van der Waals surface area contributed by atoms with E-state index in [1.165, 1.54) is 5.56 Å². The Kier molecular flexibility index (Phi) is 3.94. The summed E-state index contributed by atoms with van der Waals surface area (Å²) in [6.07, 6.45) is 0.506. The molecule has 4 N–H and O–H groups in total. The summed E-state index contributed by atoms with van der Waals surface area (Å²) in [7, 11) is 0. The van der Waals surface area contributed by atoms with Crippen molar-refractivity contribution in [2.75, 3.05) is 0 Å². The Balaban J connectivity index is 2.95. The molecule has 1 unspecified atom stereocenters. The largest absolute Gasteiger partial charge is 0.368 e. The van der Waals surface area contributed by atoms with E-state index in [1.54, 1.807) is 0 Å². The molecule has 1 aromatic carbocycles. The van der Waals surface area contributed by atoms with Crippen molar-refractivity contribution < 1.29 is 4.79 Å². The lowest BCUT2D eigenvalue weighted by molar-refractivity contribution is -0.119. The molecule has 0 fully saturated rings. The van der Waals surface area contributed by atoms with E-state index in [4.69, 9.17) is 11.5 Å². The summed E-state index contributed by atoms with van der Waals surface area (Å²) in [6, 6.07) is 5.69. The number of carbonyl (C=O) groups is 1. The van der Waals surface area contributed by atoms with Gasteiger partial charge in [0.15, 0.2) is 0 Å². The van der Waals surface area contributed by atoms with E-state index in [2.05, 4.69) is 32.9 Å². The normalized spacial score (nSPS) is 13.5. The maximum Gasteiger partial charge on any atom is 0.234 e. The van der Waals surface area contributed by atoms with Crippen molar-refractivity contribution in [3.63, 3.8) is 0 Å². The van der Waals surface area contributed by atoms with Gasteiger partial charge in [0, 0.05) is 0 Å². The van der Waals surface area contributed by atoms with Gasteiger partial charge in [-0.25, -0.2) is 0 Å². The number of nitrogens with two attached hydrogens (primary N) is 2. The number of primary amides is 1. The lowest BCUT2D eigenvalue weighted by atomic mass is 9.85. The third-order valence-electron chi connectivity index (χ3n) is 3.01. The summed E-state index contributed by atoms with van der Waals surface area (Å²) in [5.41, 5.74) is 14.5. The number of rotatable bonds is 3. The fraction of sp³-hybridized carbons (Fsp3) is 0.500. The van der Waals surface area contributed by atoms with E-state index >= 15 is 0 Å². The molecule has 0 aliphatic heterocycles. The van der Waals surface area contributed by atoms with Crippen molar-refractivity contribution in [1.29, 1.82) is 0 Å². The number of benzene rings is 1. The maximum atomic E-state index is 10.9. The molecule has 0 saturated carbocycles. The zero-order chi connectivity index (χ0) is 13.2. The van der Waals surface area contributed by atoms with Crippen LogP contribution in [0.4, 0.5) is 0 Å². The molecule has 0 saturated heterocycles. The highest BCUT2D eigenvalue weighted by Crippen LogP contribution is 2.24. The highest BCUT2D eigenvalue weighted by atomic mass is 16.1. The molecule has 1 amide bonds. The van der Waals surface area contributed by atoms with Crippen LogP contribution in [0.25, 0.3) is 0 Å². The standard InChI is InChI=1S/C14H22N2O/c1-9-7-11(14(2,3)4)6-5-10(9)8-12(15)13(16)17/h5-7,12H,8,15H2,1-4H3,(H2,16,17). The summed E-state index contributed by atoms with van der Waals surface area (Å²) >= 11 is 0. The molecular formula is C14H22N2O. The molecule has 3 heteroatoms. The Labute approximate surface area is 103 Å². The first-order chi connectivity index (χ1) is 7.71. The molecule has 17 heavy (non-hydrogen) atoms. The monoisotopic (exact) mass is 234 g/mol. The second-order valence-corrected chi connectivity index (χ2v) is 5.60. The number of amides is 1. The molecule has 94 valence electrons. The van der Waals surface area contributed by atoms with Crippen molar-refractivity contribution in [1.82, 2.24) is 0 Å². The molecule has 0 aliphatic rings. The average molecular weight is 234 g/mol. The minimum absolute atomic E-state index is 0.134. The van der Waals surface area contributed by atoms with Crippen LogP contribution < -0.4 is 11.5 Å². The van der Waals surface area contributed by atoms with Gasteiger partial charge in [-0.2, -0.15) is 0 Å². The highest BCUT2D eigenvalue weighted by Gasteiger charge is 2.16. The molecular weight excluding hydrogens is 212 g/mol. The van der Waals surface area contributed by atoms with Crippen molar-refractivity contribution in [2.45, 2.75) is 45.6 Å². The van der Waals surface area contributed by atoms with Gasteiger partial charge in [-0.15, -0.1) is 0 Å². The topological polar surface area (TPSA) is 69.1 Å². The molecule has 3 nitrogen and oxygen atoms in total. The van der Waals surface area contributed by atoms with Crippen LogP contribution in [0.1, 0.15) is 37.5 Å². The molecule has 0 bridgehead atoms. The molecule has 1 rings (SSSR count). The van der Waals surface area contributed by atoms with Gasteiger partial charge in [0.05, 0.1) is 6.04 Å². The maximum absolute atomic E-state index is 10.9. The van der Waals surface area contributed by atoms with Crippen LogP contribution in [0.2, 0.25) is 0 Å². The Morgan fingerprint density at radius 2 is 1.94 bits per heavy atom. The molecule has 1 aromatic rings. The quantitative estimate of drug-likeness (QED) is 0.835. The van der Waals surface area contributed by atoms with Crippen molar-refractivity contribution >= 4 is 5.91 Å². The Bertz CT molecular complexity index is 419. The first-order valence-electron chi connectivity index (χ1n) is 5.86. The van der Waals surface area contributed by atoms with E-state index in [0.717, 1.165) is 11.1 Å². The lowest BCUT2D eigenvalue weighted by Gasteiger charge is -2.21. The van der Waals surface area contributed by atoms with E-state index in [0.29, 0.717) is 6.42 Å². The zero-order valence-corrected chi connectivity index (χ0v) is 11.1. The fourth-order valence-corrected chi connectivity index (χ4v) is 1.73. The second-order valence-electron chi connectivity index (χ2n) is 5.60. The van der Waals surface area contributed by atoms with Crippen LogP contribution in [0.3, 0.4) is 0 Å². The van der Waals surface area contributed by atoms with Gasteiger partial charge in [0.25, 0.3) is 0 Å². The van der Waals surface area contributed by atoms with Gasteiger partial charge in [-0.1, -0.05) is 39.0 Å². The summed E-state index contributed by atoms with van der Waals surface area (Å²) in [6.45, 7) is 8.57. The van der Waals surface area contributed by atoms with E-state index in [1.807, 2.05) is 13.0 Å². The Morgan fingerprint density at radius 3 is 2.35 bits per heavy atom. The minimum atomic E-state index is -0.603. The van der Waals surface area contributed by atoms with E-state index in [-0.39, 0.29) is 5.41 Å². The van der Waals surface area contributed by atoms with Gasteiger partial charge in [0.1, 0.15) is 0 Å². The zero-order valence-electron chi connectivity index (χ0n) is 11.1. The third-order valence-corrected chi connectivity index (χ3v) is 3.01. The molecule has 0 spiro atoms. The fourth-order valence-electron chi connectivity index (χ4n) is 1.73. The van der Waals surface area contributed by atoms with Gasteiger partial charge in [-0.05, 0) is 35.4 Å². The summed E-state index contributed by atoms with van der Waals surface area (Å²) < 4.78 is 0. The van der Waals surface area contributed by atoms with Crippen LogP contribution in [-0.2, 0) is 16.6 Å². The van der Waals surface area contributed by atoms with E-state index < -0.39 is 11.9 Å². The highest BCUT2D eigenvalue weighted by molar-refractivity contribution is 5.79.